The second kappa shape index (κ2) is 9.54. The van der Waals surface area contributed by atoms with Gasteiger partial charge in [-0.05, 0) is 40.2 Å². The number of esters is 2. The van der Waals surface area contributed by atoms with Crippen molar-refractivity contribution in [3.63, 3.8) is 0 Å². The summed E-state index contributed by atoms with van der Waals surface area (Å²) in [6, 6.07) is 14.0. The molecule has 1 unspecified atom stereocenters. The van der Waals surface area contributed by atoms with Crippen molar-refractivity contribution in [1.29, 1.82) is 0 Å². The van der Waals surface area contributed by atoms with Crippen LogP contribution < -0.4 is 0 Å². The van der Waals surface area contributed by atoms with Gasteiger partial charge in [-0.25, -0.2) is 0 Å². The molecule has 0 amide bonds. The number of benzene rings is 2. The largest absolute Gasteiger partial charge is 0.465 e. The van der Waals surface area contributed by atoms with Gasteiger partial charge in [-0.3, -0.25) is 9.59 Å². The van der Waals surface area contributed by atoms with E-state index in [1.54, 1.807) is 0 Å². The van der Waals surface area contributed by atoms with E-state index in [1.165, 1.54) is 0 Å². The predicted molar refractivity (Wildman–Crippen MR) is 107 cm³/mol. The molecule has 0 aliphatic rings. The van der Waals surface area contributed by atoms with Crippen molar-refractivity contribution in [2.75, 3.05) is 6.61 Å². The van der Waals surface area contributed by atoms with E-state index in [1.807, 2.05) is 42.5 Å². The monoisotopic (exact) mass is 370 g/mol. The fourth-order valence-electron chi connectivity index (χ4n) is 3.18. The van der Waals surface area contributed by atoms with Gasteiger partial charge in [0.25, 0.3) is 0 Å². The minimum absolute atomic E-state index is 0.0417. The number of hydrogen-bond donors (Lipinski definition) is 0. The summed E-state index contributed by atoms with van der Waals surface area (Å²) in [6.07, 6.45) is 1.08. The molecule has 0 spiro atoms. The zero-order valence-corrected chi connectivity index (χ0v) is 16.8. The third kappa shape index (κ3) is 7.81. The Morgan fingerprint density at radius 3 is 2.22 bits per heavy atom. The molecule has 0 heterocycles. The van der Waals surface area contributed by atoms with Crippen molar-refractivity contribution in [1.82, 2.24) is 0 Å². The van der Waals surface area contributed by atoms with Crippen molar-refractivity contribution in [3.8, 4) is 0 Å². The quantitative estimate of drug-likeness (QED) is 0.593. The average molecular weight is 370 g/mol. The maximum atomic E-state index is 11.9. The van der Waals surface area contributed by atoms with Crippen LogP contribution in [0.1, 0.15) is 52.5 Å². The molecular weight excluding hydrogens is 340 g/mol. The molecule has 4 nitrogen and oxygen atoms in total. The Labute approximate surface area is 161 Å². The molecule has 2 rings (SSSR count). The van der Waals surface area contributed by atoms with Gasteiger partial charge in [0.05, 0.1) is 19.4 Å². The Morgan fingerprint density at radius 1 is 0.926 bits per heavy atom. The molecule has 0 radical (unpaired) electrons. The summed E-state index contributed by atoms with van der Waals surface area (Å²) in [5.41, 5.74) is 1.14. The van der Waals surface area contributed by atoms with E-state index in [9.17, 15) is 9.59 Å². The molecule has 27 heavy (non-hydrogen) atoms. The molecule has 0 aliphatic carbocycles. The Morgan fingerprint density at radius 2 is 1.56 bits per heavy atom. The lowest BCUT2D eigenvalue weighted by Crippen LogP contribution is -2.18. The summed E-state index contributed by atoms with van der Waals surface area (Å²) < 4.78 is 10.5. The van der Waals surface area contributed by atoms with Gasteiger partial charge in [-0.15, -0.1) is 0 Å². The van der Waals surface area contributed by atoms with Crippen molar-refractivity contribution in [3.05, 3.63) is 48.0 Å². The van der Waals surface area contributed by atoms with Gasteiger partial charge < -0.3 is 9.47 Å². The highest BCUT2D eigenvalue weighted by Crippen LogP contribution is 2.24. The molecule has 146 valence electrons. The fraction of sp³-hybridized carbons (Fsp3) is 0.478. The van der Waals surface area contributed by atoms with Crippen LogP contribution in [0.15, 0.2) is 42.5 Å². The number of carbonyl (C=O) groups is 2. The number of hydrogen-bond acceptors (Lipinski definition) is 4. The minimum atomic E-state index is -0.386. The van der Waals surface area contributed by atoms with Crippen LogP contribution in [-0.4, -0.2) is 18.5 Å². The van der Waals surface area contributed by atoms with Crippen LogP contribution in [0.3, 0.4) is 0 Å². The number of rotatable bonds is 8. The molecule has 4 heteroatoms. The lowest BCUT2D eigenvalue weighted by atomic mass is 9.86. The maximum absolute atomic E-state index is 11.9. The molecule has 0 saturated heterocycles. The van der Waals surface area contributed by atoms with Gasteiger partial charge in [0.15, 0.2) is 0 Å². The maximum Gasteiger partial charge on any atom is 0.306 e. The highest BCUT2D eigenvalue weighted by molar-refractivity contribution is 5.83. The third-order valence-electron chi connectivity index (χ3n) is 4.24. The van der Waals surface area contributed by atoms with E-state index in [-0.39, 0.29) is 36.8 Å². The first-order valence-corrected chi connectivity index (χ1v) is 9.52. The van der Waals surface area contributed by atoms with Crippen LogP contribution in [0, 0.1) is 11.3 Å². The zero-order valence-electron chi connectivity index (χ0n) is 16.8. The lowest BCUT2D eigenvalue weighted by Gasteiger charge is -2.22. The molecule has 0 aromatic heterocycles. The van der Waals surface area contributed by atoms with Gasteiger partial charge in [-0.2, -0.15) is 0 Å². The van der Waals surface area contributed by atoms with Crippen molar-refractivity contribution >= 4 is 22.7 Å². The van der Waals surface area contributed by atoms with Gasteiger partial charge in [-0.1, -0.05) is 64.1 Å². The lowest BCUT2D eigenvalue weighted by molar-refractivity contribution is -0.151. The van der Waals surface area contributed by atoms with E-state index in [4.69, 9.17) is 9.47 Å². The van der Waals surface area contributed by atoms with Gasteiger partial charge >= 0.3 is 11.9 Å². The third-order valence-corrected chi connectivity index (χ3v) is 4.24. The topological polar surface area (TPSA) is 52.6 Å². The molecule has 0 bridgehead atoms. The van der Waals surface area contributed by atoms with E-state index >= 15 is 0 Å². The van der Waals surface area contributed by atoms with Crippen LogP contribution in [0.4, 0.5) is 0 Å². The van der Waals surface area contributed by atoms with Crippen molar-refractivity contribution < 1.29 is 19.1 Å². The van der Waals surface area contributed by atoms with Gasteiger partial charge in [0.2, 0.25) is 0 Å². The summed E-state index contributed by atoms with van der Waals surface area (Å²) in [6.45, 7) is 9.16. The summed E-state index contributed by atoms with van der Waals surface area (Å²) >= 11 is 0. The molecular formula is C23H30O4. The van der Waals surface area contributed by atoms with Gasteiger partial charge in [0.1, 0.15) is 6.61 Å². The summed E-state index contributed by atoms with van der Waals surface area (Å²) in [5.74, 6) is -0.435. The Balaban J connectivity index is 1.68. The van der Waals surface area contributed by atoms with E-state index < -0.39 is 0 Å². The summed E-state index contributed by atoms with van der Waals surface area (Å²) in [7, 11) is 0. The molecule has 2 aromatic carbocycles. The normalized spacial score (nSPS) is 12.6. The summed E-state index contributed by atoms with van der Waals surface area (Å²) in [5, 5.41) is 2.26. The number of fused-ring (bicyclic) bond motifs is 1. The predicted octanol–water partition coefficient (Wildman–Crippen LogP) is 5.28. The summed E-state index contributed by atoms with van der Waals surface area (Å²) in [4.78, 5) is 23.7. The molecule has 0 aliphatic heterocycles. The van der Waals surface area contributed by atoms with E-state index in [2.05, 4.69) is 27.7 Å². The Kier molecular flexibility index (Phi) is 7.40. The highest BCUT2D eigenvalue weighted by Gasteiger charge is 2.17. The van der Waals surface area contributed by atoms with Crippen molar-refractivity contribution in [2.24, 2.45) is 11.3 Å². The SMILES string of the molecule is CC(COC(=O)CCC(=O)OCc1ccc2ccccc2c1)CC(C)(C)C. The van der Waals surface area contributed by atoms with Crippen LogP contribution in [-0.2, 0) is 25.7 Å². The van der Waals surface area contributed by atoms with Crippen LogP contribution >= 0.6 is 0 Å². The smallest absolute Gasteiger partial charge is 0.306 e. The first-order chi connectivity index (χ1) is 12.7. The first kappa shape index (κ1) is 20.9. The minimum Gasteiger partial charge on any atom is -0.465 e. The second-order valence-electron chi connectivity index (χ2n) is 8.40. The average Bonchev–Trinajstić information content (AvgIpc) is 2.61. The fourth-order valence-corrected chi connectivity index (χ4v) is 3.18. The number of carbonyl (C=O) groups excluding carboxylic acids is 2. The molecule has 0 fully saturated rings. The van der Waals surface area contributed by atoms with Gasteiger partial charge in [0, 0.05) is 0 Å². The van der Waals surface area contributed by atoms with Crippen LogP contribution in [0.2, 0.25) is 0 Å². The molecule has 2 aromatic rings. The Bertz CT molecular complexity index is 773. The van der Waals surface area contributed by atoms with E-state index in [0.29, 0.717) is 12.5 Å². The molecule has 0 N–H and O–H groups in total. The van der Waals surface area contributed by atoms with Crippen molar-refractivity contribution in [2.45, 2.75) is 53.6 Å². The molecule has 1 atom stereocenters. The Hall–Kier alpha value is -2.36. The second-order valence-corrected chi connectivity index (χ2v) is 8.40. The number of ether oxygens (including phenoxy) is 2. The van der Waals surface area contributed by atoms with Crippen LogP contribution in [0.5, 0.6) is 0 Å². The molecule has 0 saturated carbocycles. The highest BCUT2D eigenvalue weighted by atomic mass is 16.5. The zero-order chi connectivity index (χ0) is 19.9. The van der Waals surface area contributed by atoms with E-state index in [0.717, 1.165) is 22.8 Å². The standard InChI is InChI=1S/C23H30O4/c1-17(14-23(2,3)4)15-26-21(24)11-12-22(25)27-16-18-9-10-19-7-5-6-8-20(19)13-18/h5-10,13,17H,11-12,14-16H2,1-4H3. The van der Waals surface area contributed by atoms with Crippen LogP contribution in [0.25, 0.3) is 10.8 Å². The first-order valence-electron chi connectivity index (χ1n) is 9.52.